The van der Waals surface area contributed by atoms with Crippen LogP contribution in [0.3, 0.4) is 0 Å². The highest BCUT2D eigenvalue weighted by atomic mass is 33.1. The van der Waals surface area contributed by atoms with E-state index in [9.17, 15) is 9.59 Å². The van der Waals surface area contributed by atoms with Crippen LogP contribution in [-0.2, 0) is 19.1 Å². The molecular weight excluding hydrogens is 300 g/mol. The van der Waals surface area contributed by atoms with Crippen molar-refractivity contribution >= 4 is 33.4 Å². The predicted octanol–water partition coefficient (Wildman–Crippen LogP) is 0.777. The number of hydrogen-bond acceptors (Lipinski definition) is 6. The predicted molar refractivity (Wildman–Crippen MR) is 79.2 cm³/mol. The summed E-state index contributed by atoms with van der Waals surface area (Å²) in [4.78, 5) is 28.2. The van der Waals surface area contributed by atoms with Gasteiger partial charge in [0.25, 0.3) is 11.8 Å². The van der Waals surface area contributed by atoms with Gasteiger partial charge in [0.2, 0.25) is 0 Å². The summed E-state index contributed by atoms with van der Waals surface area (Å²) in [6, 6.07) is 0. The summed E-state index contributed by atoms with van der Waals surface area (Å²) in [5.74, 6) is 0.0961. The summed E-state index contributed by atoms with van der Waals surface area (Å²) in [5, 5.41) is -0.756. The van der Waals surface area contributed by atoms with E-state index in [0.29, 0.717) is 26.3 Å². The molecular formula is C12H20N2O4S2. The standard InChI is InChI=1S/C12H20N2O4S2/c1-17-7-3-5-13-9(15)12-14(6-4-8-18-2)10(16)11(13)19-20-12/h11-12H,3-8H2,1-2H3/t11-,12-/m0/s1. The van der Waals surface area contributed by atoms with Crippen LogP contribution in [0.15, 0.2) is 0 Å². The van der Waals surface area contributed by atoms with E-state index in [2.05, 4.69) is 0 Å². The number of piperazine rings is 1. The molecule has 8 heteroatoms. The Hall–Kier alpha value is -0.440. The Labute approximate surface area is 126 Å². The topological polar surface area (TPSA) is 59.1 Å². The smallest absolute Gasteiger partial charge is 0.258 e. The maximum absolute atomic E-state index is 12.4. The Kier molecular flexibility index (Phi) is 6.01. The number of hydrogen-bond donors (Lipinski definition) is 0. The van der Waals surface area contributed by atoms with Crippen LogP contribution in [0.4, 0.5) is 0 Å². The lowest BCUT2D eigenvalue weighted by atomic mass is 10.2. The molecule has 2 amide bonds. The van der Waals surface area contributed by atoms with E-state index in [1.807, 2.05) is 0 Å². The zero-order chi connectivity index (χ0) is 14.5. The van der Waals surface area contributed by atoms with Crippen LogP contribution in [0, 0.1) is 0 Å². The first kappa shape index (κ1) is 15.9. The number of methoxy groups -OCH3 is 2. The number of ether oxygens (including phenoxy) is 2. The van der Waals surface area contributed by atoms with Gasteiger partial charge in [-0.05, 0) is 12.8 Å². The molecule has 0 aliphatic carbocycles. The minimum Gasteiger partial charge on any atom is -0.385 e. The Morgan fingerprint density at radius 3 is 1.65 bits per heavy atom. The van der Waals surface area contributed by atoms with Crippen LogP contribution < -0.4 is 0 Å². The van der Waals surface area contributed by atoms with Gasteiger partial charge in [0.15, 0.2) is 10.7 Å². The summed E-state index contributed by atoms with van der Waals surface area (Å²) >= 11 is 0. The van der Waals surface area contributed by atoms with Gasteiger partial charge in [-0.2, -0.15) is 0 Å². The number of carbonyl (C=O) groups is 2. The van der Waals surface area contributed by atoms with Crippen LogP contribution in [0.2, 0.25) is 0 Å². The molecule has 0 aromatic heterocycles. The molecule has 0 aromatic rings. The van der Waals surface area contributed by atoms with Gasteiger partial charge in [0, 0.05) is 40.5 Å². The van der Waals surface area contributed by atoms with E-state index in [0.717, 1.165) is 12.8 Å². The van der Waals surface area contributed by atoms with Gasteiger partial charge in [0.05, 0.1) is 0 Å². The van der Waals surface area contributed by atoms with Crippen molar-refractivity contribution < 1.29 is 19.1 Å². The third-order valence-corrected chi connectivity index (χ3v) is 6.10. The summed E-state index contributed by atoms with van der Waals surface area (Å²) in [5.41, 5.74) is 0. The van der Waals surface area contributed by atoms with Gasteiger partial charge < -0.3 is 19.3 Å². The third-order valence-electron chi connectivity index (χ3n) is 3.29. The molecule has 3 saturated heterocycles. The second kappa shape index (κ2) is 7.53. The largest absolute Gasteiger partial charge is 0.385 e. The molecule has 2 bridgehead atoms. The van der Waals surface area contributed by atoms with Crippen LogP contribution in [0.25, 0.3) is 0 Å². The highest BCUT2D eigenvalue weighted by Gasteiger charge is 2.51. The molecule has 0 unspecified atom stereocenters. The van der Waals surface area contributed by atoms with E-state index in [1.54, 1.807) is 24.0 Å². The van der Waals surface area contributed by atoms with E-state index < -0.39 is 0 Å². The van der Waals surface area contributed by atoms with Crippen LogP contribution >= 0.6 is 21.6 Å². The second-order valence-electron chi connectivity index (χ2n) is 4.65. The van der Waals surface area contributed by atoms with Crippen molar-refractivity contribution in [2.24, 2.45) is 0 Å². The SMILES string of the molecule is COCCCN1C(=O)[C@@H]2SS[C@H]1C(=O)N2CCCOC. The highest BCUT2D eigenvalue weighted by Crippen LogP contribution is 2.46. The Balaban J connectivity index is 1.96. The average molecular weight is 320 g/mol. The monoisotopic (exact) mass is 320 g/mol. The molecule has 114 valence electrons. The lowest BCUT2D eigenvalue weighted by Crippen LogP contribution is -2.65. The van der Waals surface area contributed by atoms with Crippen molar-refractivity contribution in [1.82, 2.24) is 9.80 Å². The van der Waals surface area contributed by atoms with Crippen molar-refractivity contribution in [3.63, 3.8) is 0 Å². The average Bonchev–Trinajstić information content (AvgIpc) is 2.45. The third kappa shape index (κ3) is 3.24. The number of nitrogens with zero attached hydrogens (tertiary/aromatic N) is 2. The first-order valence-electron chi connectivity index (χ1n) is 6.61. The molecule has 0 aromatic carbocycles. The lowest BCUT2D eigenvalue weighted by Gasteiger charge is -2.48. The Bertz CT molecular complexity index is 335. The maximum Gasteiger partial charge on any atom is 0.258 e. The van der Waals surface area contributed by atoms with Gasteiger partial charge in [-0.1, -0.05) is 21.6 Å². The van der Waals surface area contributed by atoms with Gasteiger partial charge in [-0.15, -0.1) is 0 Å². The van der Waals surface area contributed by atoms with Crippen molar-refractivity contribution in [3.05, 3.63) is 0 Å². The second-order valence-corrected chi connectivity index (χ2v) is 7.09. The Morgan fingerprint density at radius 2 is 1.30 bits per heavy atom. The summed E-state index contributed by atoms with van der Waals surface area (Å²) in [7, 11) is 6.26. The van der Waals surface area contributed by atoms with Gasteiger partial charge >= 0.3 is 0 Å². The fourth-order valence-corrected chi connectivity index (χ4v) is 5.31. The number of fused-ring (bicyclic) bond motifs is 3. The van der Waals surface area contributed by atoms with Gasteiger partial charge in [0.1, 0.15) is 0 Å². The molecule has 3 aliphatic heterocycles. The van der Waals surface area contributed by atoms with E-state index >= 15 is 0 Å². The van der Waals surface area contributed by atoms with E-state index in [-0.39, 0.29) is 22.6 Å². The molecule has 3 rings (SSSR count). The van der Waals surface area contributed by atoms with Crippen molar-refractivity contribution in [3.8, 4) is 0 Å². The molecule has 3 heterocycles. The molecule has 0 radical (unpaired) electrons. The zero-order valence-corrected chi connectivity index (χ0v) is 13.4. The van der Waals surface area contributed by atoms with Crippen molar-refractivity contribution in [1.29, 1.82) is 0 Å². The first-order valence-corrected chi connectivity index (χ1v) is 8.89. The Morgan fingerprint density at radius 1 is 0.900 bits per heavy atom. The van der Waals surface area contributed by atoms with E-state index in [1.165, 1.54) is 21.6 Å². The molecule has 0 saturated carbocycles. The molecule has 6 nitrogen and oxygen atoms in total. The van der Waals surface area contributed by atoms with Crippen LogP contribution in [-0.4, -0.2) is 72.9 Å². The van der Waals surface area contributed by atoms with Gasteiger partial charge in [-0.25, -0.2) is 0 Å². The molecule has 20 heavy (non-hydrogen) atoms. The normalized spacial score (nSPS) is 25.7. The fourth-order valence-electron chi connectivity index (χ4n) is 2.29. The van der Waals surface area contributed by atoms with Crippen molar-refractivity contribution in [2.75, 3.05) is 40.5 Å². The molecule has 0 spiro atoms. The highest BCUT2D eigenvalue weighted by molar-refractivity contribution is 8.77. The summed E-state index contributed by atoms with van der Waals surface area (Å²) in [6.45, 7) is 2.37. The van der Waals surface area contributed by atoms with Crippen LogP contribution in [0.5, 0.6) is 0 Å². The summed E-state index contributed by atoms with van der Waals surface area (Å²) < 4.78 is 10.0. The van der Waals surface area contributed by atoms with Gasteiger partial charge in [-0.3, -0.25) is 9.59 Å². The quantitative estimate of drug-likeness (QED) is 0.486. The number of rotatable bonds is 8. The molecule has 2 atom stereocenters. The minimum absolute atomic E-state index is 0.0480. The fraction of sp³-hybridized carbons (Fsp3) is 0.833. The lowest BCUT2D eigenvalue weighted by molar-refractivity contribution is -0.154. The maximum atomic E-state index is 12.4. The minimum atomic E-state index is -0.378. The molecule has 3 aliphatic rings. The van der Waals surface area contributed by atoms with Crippen LogP contribution in [0.1, 0.15) is 12.8 Å². The number of amides is 2. The summed E-state index contributed by atoms with van der Waals surface area (Å²) in [6.07, 6.45) is 1.52. The zero-order valence-electron chi connectivity index (χ0n) is 11.7. The van der Waals surface area contributed by atoms with E-state index in [4.69, 9.17) is 9.47 Å². The molecule has 3 fully saturated rings. The van der Waals surface area contributed by atoms with Crippen molar-refractivity contribution in [2.45, 2.75) is 23.6 Å². The first-order chi connectivity index (χ1) is 9.70. The molecule has 0 N–H and O–H groups in total. The number of carbonyl (C=O) groups excluding carboxylic acids is 2.